The summed E-state index contributed by atoms with van der Waals surface area (Å²) in [5.74, 6) is 0. The third kappa shape index (κ3) is 3.51. The number of unbranched alkanes of at least 4 members (excludes halogenated alkanes) is 3. The summed E-state index contributed by atoms with van der Waals surface area (Å²) in [6, 6.07) is 5.70. The Morgan fingerprint density at radius 3 is 2.21 bits per heavy atom. The van der Waals surface area contributed by atoms with Gasteiger partial charge in [-0.3, -0.25) is 0 Å². The maximum Gasteiger partial charge on any atom is 0.0452 e. The summed E-state index contributed by atoms with van der Waals surface area (Å²) in [7, 11) is 0. The van der Waals surface area contributed by atoms with Crippen molar-refractivity contribution < 1.29 is 0 Å². The predicted molar refractivity (Wildman–Crippen MR) is 64.3 cm³/mol. The Kier molecular flexibility index (Phi) is 5.36. The van der Waals surface area contributed by atoms with E-state index < -0.39 is 0 Å². The lowest BCUT2D eigenvalue weighted by Gasteiger charge is -2.05. The molecule has 1 aromatic carbocycles. The monoisotopic (exact) mass is 230 g/mol. The molecule has 0 aliphatic carbocycles. The molecule has 0 spiro atoms. The molecular weight excluding hydrogens is 215 g/mol. The molecule has 0 N–H and O–H groups in total. The second kappa shape index (κ2) is 6.31. The van der Waals surface area contributed by atoms with E-state index in [1.807, 2.05) is 18.2 Å². The van der Waals surface area contributed by atoms with Crippen molar-refractivity contribution in [3.8, 4) is 0 Å². The molecule has 2 heteroatoms. The average molecular weight is 231 g/mol. The molecule has 0 atom stereocenters. The van der Waals surface area contributed by atoms with Crippen LogP contribution in [0.1, 0.15) is 38.2 Å². The molecule has 1 aromatic rings. The van der Waals surface area contributed by atoms with Gasteiger partial charge in [0.15, 0.2) is 0 Å². The molecule has 0 aromatic heterocycles. The second-order valence-corrected chi connectivity index (χ2v) is 4.33. The third-order valence-electron chi connectivity index (χ3n) is 2.34. The van der Waals surface area contributed by atoms with Gasteiger partial charge >= 0.3 is 0 Å². The normalized spacial score (nSPS) is 10.5. The maximum absolute atomic E-state index is 6.06. The van der Waals surface area contributed by atoms with Gasteiger partial charge in [0.05, 0.1) is 0 Å². The molecule has 0 fully saturated rings. The number of rotatable bonds is 5. The van der Waals surface area contributed by atoms with E-state index in [2.05, 4.69) is 6.92 Å². The first-order valence-corrected chi connectivity index (χ1v) is 5.94. The summed E-state index contributed by atoms with van der Waals surface area (Å²) in [5.41, 5.74) is 1.10. The van der Waals surface area contributed by atoms with Crippen LogP contribution < -0.4 is 0 Å². The predicted octanol–water partition coefficient (Wildman–Crippen LogP) is 5.12. The van der Waals surface area contributed by atoms with E-state index in [1.54, 1.807) is 0 Å². The van der Waals surface area contributed by atoms with Crippen molar-refractivity contribution in [2.45, 2.75) is 39.0 Å². The van der Waals surface area contributed by atoms with Gasteiger partial charge in [0.2, 0.25) is 0 Å². The molecule has 0 bridgehead atoms. The Bertz CT molecular complexity index is 261. The number of benzene rings is 1. The molecule has 0 heterocycles. The van der Waals surface area contributed by atoms with Crippen molar-refractivity contribution in [3.63, 3.8) is 0 Å². The van der Waals surface area contributed by atoms with E-state index in [4.69, 9.17) is 23.2 Å². The first-order valence-electron chi connectivity index (χ1n) is 5.18. The molecule has 1 rings (SSSR count). The summed E-state index contributed by atoms with van der Waals surface area (Å²) in [4.78, 5) is 0. The molecule has 0 radical (unpaired) electrons. The third-order valence-corrected chi connectivity index (χ3v) is 3.05. The van der Waals surface area contributed by atoms with Crippen LogP contribution >= 0.6 is 23.2 Å². The summed E-state index contributed by atoms with van der Waals surface area (Å²) in [5, 5.41) is 1.60. The van der Waals surface area contributed by atoms with Gasteiger partial charge in [-0.2, -0.15) is 0 Å². The van der Waals surface area contributed by atoms with Crippen LogP contribution in [0, 0.1) is 0 Å². The minimum atomic E-state index is 0.800. The van der Waals surface area contributed by atoms with Crippen LogP contribution in [0.4, 0.5) is 0 Å². The lowest BCUT2D eigenvalue weighted by molar-refractivity contribution is 0.667. The van der Waals surface area contributed by atoms with E-state index in [0.29, 0.717) is 0 Å². The molecule has 0 aliphatic heterocycles. The maximum atomic E-state index is 6.06. The van der Waals surface area contributed by atoms with Crippen LogP contribution in [0.3, 0.4) is 0 Å². The molecule has 0 amide bonds. The van der Waals surface area contributed by atoms with E-state index in [-0.39, 0.29) is 0 Å². The first kappa shape index (κ1) is 11.9. The van der Waals surface area contributed by atoms with Crippen LogP contribution in [0.5, 0.6) is 0 Å². The minimum absolute atomic E-state index is 0.800. The smallest absolute Gasteiger partial charge is 0.0452 e. The zero-order chi connectivity index (χ0) is 10.4. The van der Waals surface area contributed by atoms with Gasteiger partial charge in [0, 0.05) is 10.0 Å². The van der Waals surface area contributed by atoms with Crippen molar-refractivity contribution in [2.75, 3.05) is 0 Å². The molecular formula is C12H16Cl2. The largest absolute Gasteiger partial charge is 0.0840 e. The van der Waals surface area contributed by atoms with Gasteiger partial charge in [-0.05, 0) is 30.5 Å². The fraction of sp³-hybridized carbons (Fsp3) is 0.500. The standard InChI is InChI=1S/C12H16Cl2/c1-2-3-4-5-7-10-11(13)8-6-9-12(10)14/h6,8-9H,2-5,7H2,1H3. The highest BCUT2D eigenvalue weighted by Gasteiger charge is 2.04. The SMILES string of the molecule is CCCCCCc1c(Cl)cccc1Cl. The summed E-state index contributed by atoms with van der Waals surface area (Å²) < 4.78 is 0. The highest BCUT2D eigenvalue weighted by molar-refractivity contribution is 6.35. The van der Waals surface area contributed by atoms with Crippen molar-refractivity contribution in [1.82, 2.24) is 0 Å². The van der Waals surface area contributed by atoms with Crippen LogP contribution in [0.25, 0.3) is 0 Å². The van der Waals surface area contributed by atoms with Gasteiger partial charge in [0.25, 0.3) is 0 Å². The molecule has 0 nitrogen and oxygen atoms in total. The van der Waals surface area contributed by atoms with Gasteiger partial charge in [-0.1, -0.05) is 55.5 Å². The number of hydrogen-bond donors (Lipinski definition) is 0. The highest BCUT2D eigenvalue weighted by atomic mass is 35.5. The van der Waals surface area contributed by atoms with E-state index in [0.717, 1.165) is 22.0 Å². The summed E-state index contributed by atoms with van der Waals surface area (Å²) >= 11 is 12.1. The fourth-order valence-corrected chi connectivity index (χ4v) is 2.09. The van der Waals surface area contributed by atoms with Crippen molar-refractivity contribution in [2.24, 2.45) is 0 Å². The van der Waals surface area contributed by atoms with E-state index in [9.17, 15) is 0 Å². The molecule has 0 aliphatic rings. The molecule has 78 valence electrons. The first-order chi connectivity index (χ1) is 6.75. The molecule has 0 unspecified atom stereocenters. The zero-order valence-electron chi connectivity index (χ0n) is 8.52. The van der Waals surface area contributed by atoms with Gasteiger partial charge in [0.1, 0.15) is 0 Å². The Balaban J connectivity index is 2.49. The second-order valence-electron chi connectivity index (χ2n) is 3.51. The van der Waals surface area contributed by atoms with Gasteiger partial charge in [-0.25, -0.2) is 0 Å². The number of halogens is 2. The summed E-state index contributed by atoms with van der Waals surface area (Å²) in [6.07, 6.45) is 5.99. The zero-order valence-corrected chi connectivity index (χ0v) is 10.0. The van der Waals surface area contributed by atoms with Gasteiger partial charge < -0.3 is 0 Å². The molecule has 14 heavy (non-hydrogen) atoms. The highest BCUT2D eigenvalue weighted by Crippen LogP contribution is 2.25. The Morgan fingerprint density at radius 1 is 1.00 bits per heavy atom. The van der Waals surface area contributed by atoms with E-state index in [1.165, 1.54) is 25.7 Å². The lowest BCUT2D eigenvalue weighted by Crippen LogP contribution is -1.88. The summed E-state index contributed by atoms with van der Waals surface area (Å²) in [6.45, 7) is 2.21. The minimum Gasteiger partial charge on any atom is -0.0840 e. The fourth-order valence-electron chi connectivity index (χ4n) is 1.50. The van der Waals surface area contributed by atoms with Crippen molar-refractivity contribution in [1.29, 1.82) is 0 Å². The van der Waals surface area contributed by atoms with Crippen LogP contribution in [0.15, 0.2) is 18.2 Å². The Morgan fingerprint density at radius 2 is 1.64 bits per heavy atom. The van der Waals surface area contributed by atoms with Crippen molar-refractivity contribution >= 4 is 23.2 Å². The Hall–Kier alpha value is -0.200. The van der Waals surface area contributed by atoms with Gasteiger partial charge in [-0.15, -0.1) is 0 Å². The topological polar surface area (TPSA) is 0 Å². The number of hydrogen-bond acceptors (Lipinski definition) is 0. The van der Waals surface area contributed by atoms with Crippen LogP contribution in [-0.2, 0) is 6.42 Å². The average Bonchev–Trinajstić information content (AvgIpc) is 2.16. The lowest BCUT2D eigenvalue weighted by atomic mass is 10.1. The quantitative estimate of drug-likeness (QED) is 0.617. The van der Waals surface area contributed by atoms with Crippen LogP contribution in [-0.4, -0.2) is 0 Å². The molecule has 0 saturated carbocycles. The molecule has 0 saturated heterocycles. The van der Waals surface area contributed by atoms with Crippen LogP contribution in [0.2, 0.25) is 10.0 Å². The Labute approximate surface area is 96.2 Å². The van der Waals surface area contributed by atoms with Crippen molar-refractivity contribution in [3.05, 3.63) is 33.8 Å². The van der Waals surface area contributed by atoms with E-state index >= 15 is 0 Å².